The third kappa shape index (κ3) is 2.87. The summed E-state index contributed by atoms with van der Waals surface area (Å²) >= 11 is 1.16. The van der Waals surface area contributed by atoms with E-state index in [2.05, 4.69) is 9.97 Å². The molecule has 4 aromatic rings. The lowest BCUT2D eigenvalue weighted by Gasteiger charge is -2.12. The predicted molar refractivity (Wildman–Crippen MR) is 98.8 cm³/mol. The Morgan fingerprint density at radius 3 is 2.85 bits per heavy atom. The van der Waals surface area contributed by atoms with E-state index in [1.54, 1.807) is 41.9 Å². The zero-order valence-corrected chi connectivity index (χ0v) is 14.1. The van der Waals surface area contributed by atoms with Crippen molar-refractivity contribution in [3.05, 3.63) is 76.2 Å². The summed E-state index contributed by atoms with van der Waals surface area (Å²) in [5.74, 6) is 5.45. The summed E-state index contributed by atoms with van der Waals surface area (Å²) in [6.45, 7) is 0. The van der Waals surface area contributed by atoms with E-state index in [-0.39, 0.29) is 5.13 Å². The zero-order chi connectivity index (χ0) is 18.1. The van der Waals surface area contributed by atoms with Crippen molar-refractivity contribution < 1.29 is 9.21 Å². The molecule has 0 bridgehead atoms. The van der Waals surface area contributed by atoms with Crippen LogP contribution in [0.25, 0.3) is 22.2 Å². The highest BCUT2D eigenvalue weighted by Crippen LogP contribution is 2.27. The number of pyridine rings is 1. The number of fused-ring (bicyclic) bond motifs is 1. The first-order chi connectivity index (χ1) is 12.6. The molecule has 4 rings (SSSR count). The normalized spacial score (nSPS) is 10.8. The van der Waals surface area contributed by atoms with Crippen LogP contribution in [0.4, 0.5) is 5.13 Å². The number of hydrogen-bond acceptors (Lipinski definition) is 7. The number of rotatable bonds is 3. The number of thiazole rings is 1. The average Bonchev–Trinajstić information content (AvgIpc) is 3.17. The predicted octanol–water partition coefficient (Wildman–Crippen LogP) is 2.83. The Morgan fingerprint density at radius 1 is 1.19 bits per heavy atom. The molecular weight excluding hydrogens is 352 g/mol. The molecule has 0 aliphatic carbocycles. The Labute approximate surface area is 151 Å². The van der Waals surface area contributed by atoms with Crippen molar-refractivity contribution in [2.24, 2.45) is 5.84 Å². The van der Waals surface area contributed by atoms with Gasteiger partial charge in [0.25, 0.3) is 5.91 Å². The number of nitrogens with zero attached hydrogens (tertiary/aromatic N) is 3. The lowest BCUT2D eigenvalue weighted by atomic mass is 10.1. The number of nitrogens with two attached hydrogens (primary N) is 1. The zero-order valence-electron chi connectivity index (χ0n) is 13.3. The van der Waals surface area contributed by atoms with Crippen LogP contribution in [0.15, 0.2) is 69.5 Å². The number of anilines is 1. The molecule has 128 valence electrons. The highest BCUT2D eigenvalue weighted by molar-refractivity contribution is 7.14. The van der Waals surface area contributed by atoms with Gasteiger partial charge in [0.1, 0.15) is 5.58 Å². The first-order valence-electron chi connectivity index (χ1n) is 7.61. The Bertz CT molecular complexity index is 1150. The fourth-order valence-corrected chi connectivity index (χ4v) is 3.20. The molecule has 3 heterocycles. The molecule has 1 amide bonds. The van der Waals surface area contributed by atoms with E-state index in [1.165, 1.54) is 6.20 Å². The van der Waals surface area contributed by atoms with Gasteiger partial charge in [-0.2, -0.15) is 0 Å². The first-order valence-corrected chi connectivity index (χ1v) is 8.49. The minimum absolute atomic E-state index is 0.265. The van der Waals surface area contributed by atoms with Crippen LogP contribution in [-0.4, -0.2) is 15.9 Å². The number of aromatic nitrogens is 2. The molecule has 0 saturated heterocycles. The molecule has 0 aliphatic heterocycles. The van der Waals surface area contributed by atoms with Crippen LogP contribution < -0.4 is 16.5 Å². The summed E-state index contributed by atoms with van der Waals surface area (Å²) in [5.41, 5.74) is 1.07. The maximum Gasteiger partial charge on any atom is 0.345 e. The third-order valence-electron chi connectivity index (χ3n) is 3.74. The van der Waals surface area contributed by atoms with Crippen LogP contribution in [0.1, 0.15) is 10.4 Å². The van der Waals surface area contributed by atoms with Gasteiger partial charge in [-0.05, 0) is 24.3 Å². The van der Waals surface area contributed by atoms with Gasteiger partial charge in [-0.1, -0.05) is 18.2 Å². The molecule has 0 unspecified atom stereocenters. The fourth-order valence-electron chi connectivity index (χ4n) is 2.45. The van der Waals surface area contributed by atoms with Gasteiger partial charge in [0.2, 0.25) is 5.13 Å². The van der Waals surface area contributed by atoms with Crippen molar-refractivity contribution in [3.63, 3.8) is 0 Å². The minimum atomic E-state index is -0.497. The molecular formula is C18H12N4O3S. The van der Waals surface area contributed by atoms with Crippen molar-refractivity contribution >= 4 is 33.3 Å². The summed E-state index contributed by atoms with van der Waals surface area (Å²) in [6.07, 6.45) is 2.99. The quantitative estimate of drug-likeness (QED) is 0.259. The van der Waals surface area contributed by atoms with E-state index >= 15 is 0 Å². The molecule has 0 atom stereocenters. The number of hydrazine groups is 1. The summed E-state index contributed by atoms with van der Waals surface area (Å²) in [4.78, 5) is 32.8. The van der Waals surface area contributed by atoms with E-state index in [4.69, 9.17) is 10.3 Å². The largest absolute Gasteiger partial charge is 0.422 e. The van der Waals surface area contributed by atoms with E-state index in [9.17, 15) is 9.59 Å². The highest BCUT2D eigenvalue weighted by Gasteiger charge is 2.19. The van der Waals surface area contributed by atoms with Crippen molar-refractivity contribution in [2.45, 2.75) is 0 Å². The molecule has 0 saturated carbocycles. The average molecular weight is 364 g/mol. The molecule has 2 N–H and O–H groups in total. The number of hydrogen-bond donors (Lipinski definition) is 1. The Hall–Kier alpha value is -3.36. The number of benzene rings is 1. The van der Waals surface area contributed by atoms with Gasteiger partial charge in [-0.25, -0.2) is 20.6 Å². The smallest absolute Gasteiger partial charge is 0.345 e. The summed E-state index contributed by atoms with van der Waals surface area (Å²) < 4.78 is 5.32. The monoisotopic (exact) mass is 364 g/mol. The molecule has 3 aromatic heterocycles. The van der Waals surface area contributed by atoms with Gasteiger partial charge in [0, 0.05) is 23.2 Å². The molecule has 26 heavy (non-hydrogen) atoms. The van der Waals surface area contributed by atoms with Crippen LogP contribution >= 0.6 is 11.3 Å². The molecule has 8 heteroatoms. The Kier molecular flexibility index (Phi) is 4.04. The maximum absolute atomic E-state index is 12.4. The van der Waals surface area contributed by atoms with Gasteiger partial charge >= 0.3 is 5.63 Å². The lowest BCUT2D eigenvalue weighted by molar-refractivity contribution is 0.0986. The van der Waals surface area contributed by atoms with Crippen LogP contribution in [0.2, 0.25) is 0 Å². The van der Waals surface area contributed by atoms with Crippen LogP contribution in [0.5, 0.6) is 0 Å². The lowest BCUT2D eigenvalue weighted by Crippen LogP contribution is -2.37. The summed E-state index contributed by atoms with van der Waals surface area (Å²) in [5, 5.41) is 3.65. The SMILES string of the molecule is NN(C(=O)c1cccnc1)c1nc(-c2cc3ccccc3oc2=O)cs1. The van der Waals surface area contributed by atoms with Gasteiger partial charge < -0.3 is 4.42 Å². The number of carbonyl (C=O) groups excluding carboxylic acids is 1. The second-order valence-corrected chi connectivity index (χ2v) is 6.25. The van der Waals surface area contributed by atoms with Gasteiger partial charge in [-0.15, -0.1) is 11.3 Å². The number of carbonyl (C=O) groups is 1. The van der Waals surface area contributed by atoms with Gasteiger partial charge in [0.05, 0.1) is 16.8 Å². The van der Waals surface area contributed by atoms with Crippen molar-refractivity contribution in [3.8, 4) is 11.3 Å². The molecule has 0 fully saturated rings. The van der Waals surface area contributed by atoms with Crippen molar-refractivity contribution in [1.82, 2.24) is 9.97 Å². The van der Waals surface area contributed by atoms with E-state index in [1.807, 2.05) is 12.1 Å². The highest BCUT2D eigenvalue weighted by atomic mass is 32.1. The second kappa shape index (κ2) is 6.51. The maximum atomic E-state index is 12.4. The Morgan fingerprint density at radius 2 is 2.04 bits per heavy atom. The third-order valence-corrected chi connectivity index (χ3v) is 4.58. The van der Waals surface area contributed by atoms with Gasteiger partial charge in [-0.3, -0.25) is 9.78 Å². The topological polar surface area (TPSA) is 102 Å². The second-order valence-electron chi connectivity index (χ2n) is 5.42. The molecule has 0 aliphatic rings. The van der Waals surface area contributed by atoms with Crippen LogP contribution in [-0.2, 0) is 0 Å². The first kappa shape index (κ1) is 16.1. The molecule has 0 radical (unpaired) electrons. The van der Waals surface area contributed by atoms with E-state index in [0.717, 1.165) is 21.7 Å². The minimum Gasteiger partial charge on any atom is -0.422 e. The molecule has 1 aromatic carbocycles. The van der Waals surface area contributed by atoms with Crippen molar-refractivity contribution in [2.75, 3.05) is 5.01 Å². The standard InChI is InChI=1S/C18H12N4O3S/c19-22(16(23)12-5-3-7-20-9-12)18-21-14(10-26-18)13-8-11-4-1-2-6-15(11)25-17(13)24/h1-10H,19H2. The van der Waals surface area contributed by atoms with E-state index < -0.39 is 11.5 Å². The number of amides is 1. The summed E-state index contributed by atoms with van der Waals surface area (Å²) in [6, 6.07) is 12.2. The Balaban J connectivity index is 1.69. The van der Waals surface area contributed by atoms with Gasteiger partial charge in [0.15, 0.2) is 0 Å². The molecule has 0 spiro atoms. The van der Waals surface area contributed by atoms with Crippen LogP contribution in [0.3, 0.4) is 0 Å². The summed E-state index contributed by atoms with van der Waals surface area (Å²) in [7, 11) is 0. The number of para-hydroxylation sites is 1. The molecule has 7 nitrogen and oxygen atoms in total. The van der Waals surface area contributed by atoms with Crippen LogP contribution in [0, 0.1) is 0 Å². The fraction of sp³-hybridized carbons (Fsp3) is 0. The van der Waals surface area contributed by atoms with Crippen molar-refractivity contribution in [1.29, 1.82) is 0 Å². The van der Waals surface area contributed by atoms with E-state index in [0.29, 0.717) is 22.4 Å².